The molecule has 26 heavy (non-hydrogen) atoms. The summed E-state index contributed by atoms with van der Waals surface area (Å²) in [4.78, 5) is 12.2. The van der Waals surface area contributed by atoms with Crippen molar-refractivity contribution >= 4 is 12.1 Å². The van der Waals surface area contributed by atoms with E-state index in [-0.39, 0.29) is 12.5 Å². The highest BCUT2D eigenvalue weighted by Gasteiger charge is 2.26. The quantitative estimate of drug-likeness (QED) is 0.635. The summed E-state index contributed by atoms with van der Waals surface area (Å²) in [5.74, 6) is 2.04. The molecule has 1 aliphatic heterocycles. The fraction of sp³-hybridized carbons (Fsp3) is 0.263. The number of nitrogens with zero attached hydrogens (tertiary/aromatic N) is 1. The van der Waals surface area contributed by atoms with Crippen LogP contribution in [0.2, 0.25) is 0 Å². The zero-order valence-electron chi connectivity index (χ0n) is 14.6. The maximum atomic E-state index is 12.2. The summed E-state index contributed by atoms with van der Waals surface area (Å²) in [6, 6.07) is 12.6. The molecule has 1 N–H and O–H groups in total. The Labute approximate surface area is 151 Å². The van der Waals surface area contributed by atoms with Crippen molar-refractivity contribution in [3.63, 3.8) is 0 Å². The second-order valence-electron chi connectivity index (χ2n) is 5.44. The number of carbonyl (C=O) groups is 1. The molecule has 0 aromatic heterocycles. The molecule has 0 fully saturated rings. The van der Waals surface area contributed by atoms with Crippen LogP contribution in [0.15, 0.2) is 47.6 Å². The highest BCUT2D eigenvalue weighted by atomic mass is 16.6. The number of benzene rings is 2. The van der Waals surface area contributed by atoms with Gasteiger partial charge in [0.25, 0.3) is 5.91 Å². The largest absolute Gasteiger partial charge is 0.493 e. The number of methoxy groups -OCH3 is 1. The average molecular weight is 356 g/mol. The molecular formula is C19H20N2O5. The second kappa shape index (κ2) is 8.24. The highest BCUT2D eigenvalue weighted by Crippen LogP contribution is 2.31. The van der Waals surface area contributed by atoms with Gasteiger partial charge in [0.2, 0.25) is 6.10 Å². The summed E-state index contributed by atoms with van der Waals surface area (Å²) >= 11 is 0. The van der Waals surface area contributed by atoms with Crippen LogP contribution < -0.4 is 24.4 Å². The fourth-order valence-electron chi connectivity index (χ4n) is 2.43. The third-order valence-corrected chi connectivity index (χ3v) is 3.68. The monoisotopic (exact) mass is 356 g/mol. The summed E-state index contributed by atoms with van der Waals surface area (Å²) in [6.45, 7) is 2.58. The lowest BCUT2D eigenvalue weighted by atomic mass is 10.2. The van der Waals surface area contributed by atoms with Crippen LogP contribution in [-0.4, -0.2) is 38.5 Å². The number of fused-ring (bicyclic) bond motifs is 1. The molecule has 1 atom stereocenters. The van der Waals surface area contributed by atoms with Gasteiger partial charge in [0, 0.05) is 0 Å². The second-order valence-corrected chi connectivity index (χ2v) is 5.44. The van der Waals surface area contributed by atoms with Crippen LogP contribution >= 0.6 is 0 Å². The molecule has 0 unspecified atom stereocenters. The first-order chi connectivity index (χ1) is 12.7. The average Bonchev–Trinajstić information content (AvgIpc) is 2.68. The minimum Gasteiger partial charge on any atom is -0.493 e. The Morgan fingerprint density at radius 2 is 2.08 bits per heavy atom. The summed E-state index contributed by atoms with van der Waals surface area (Å²) < 4.78 is 21.9. The van der Waals surface area contributed by atoms with Crippen LogP contribution in [0.25, 0.3) is 0 Å². The number of hydrogen-bond acceptors (Lipinski definition) is 6. The van der Waals surface area contributed by atoms with Crippen LogP contribution in [0.3, 0.4) is 0 Å². The molecule has 0 saturated carbocycles. The van der Waals surface area contributed by atoms with Gasteiger partial charge in [-0.05, 0) is 42.8 Å². The van der Waals surface area contributed by atoms with E-state index in [9.17, 15) is 4.79 Å². The van der Waals surface area contributed by atoms with Gasteiger partial charge < -0.3 is 18.9 Å². The summed E-state index contributed by atoms with van der Waals surface area (Å²) in [6.07, 6.45) is 0.769. The topological polar surface area (TPSA) is 78.4 Å². The molecule has 2 aromatic carbocycles. The Kier molecular flexibility index (Phi) is 5.58. The summed E-state index contributed by atoms with van der Waals surface area (Å²) in [7, 11) is 1.57. The molecule has 3 rings (SSSR count). The molecule has 1 heterocycles. The molecule has 0 aliphatic carbocycles. The van der Waals surface area contributed by atoms with Crippen molar-refractivity contribution < 1.29 is 23.7 Å². The predicted octanol–water partition coefficient (Wildman–Crippen LogP) is 2.38. The van der Waals surface area contributed by atoms with Crippen molar-refractivity contribution in [3.05, 3.63) is 48.0 Å². The van der Waals surface area contributed by atoms with Gasteiger partial charge in [-0.25, -0.2) is 5.43 Å². The first kappa shape index (κ1) is 17.6. The van der Waals surface area contributed by atoms with Gasteiger partial charge in [-0.15, -0.1) is 0 Å². The van der Waals surface area contributed by atoms with Crippen molar-refractivity contribution in [3.8, 4) is 23.0 Å². The van der Waals surface area contributed by atoms with E-state index in [0.29, 0.717) is 29.6 Å². The van der Waals surface area contributed by atoms with Gasteiger partial charge in [-0.2, -0.15) is 5.10 Å². The van der Waals surface area contributed by atoms with Crippen molar-refractivity contribution in [2.75, 3.05) is 20.3 Å². The molecule has 2 aromatic rings. The number of hydrogen-bond donors (Lipinski definition) is 1. The Balaban J connectivity index is 1.59. The van der Waals surface area contributed by atoms with E-state index in [0.717, 1.165) is 5.56 Å². The minimum absolute atomic E-state index is 0.134. The van der Waals surface area contributed by atoms with Crippen molar-refractivity contribution in [1.82, 2.24) is 5.43 Å². The lowest BCUT2D eigenvalue weighted by molar-refractivity contribution is -0.130. The standard InChI is InChI=1S/C19H20N2O5/c1-3-24-15-9-8-13(10-17(15)23-2)11-20-21-19(22)18-12-25-14-6-4-5-7-16(14)26-18/h4-11,18H,3,12H2,1-2H3,(H,21,22)/t18-/m0/s1. The maximum absolute atomic E-state index is 12.2. The van der Waals surface area contributed by atoms with Gasteiger partial charge in [0.15, 0.2) is 23.0 Å². The Hall–Kier alpha value is -3.22. The van der Waals surface area contributed by atoms with Crippen LogP contribution in [-0.2, 0) is 4.79 Å². The van der Waals surface area contributed by atoms with E-state index in [4.69, 9.17) is 18.9 Å². The molecule has 7 nitrogen and oxygen atoms in total. The molecule has 136 valence electrons. The van der Waals surface area contributed by atoms with Gasteiger partial charge in [0.1, 0.15) is 6.61 Å². The lowest BCUT2D eigenvalue weighted by Crippen LogP contribution is -2.42. The number of ether oxygens (including phenoxy) is 4. The van der Waals surface area contributed by atoms with Crippen molar-refractivity contribution in [2.24, 2.45) is 5.10 Å². The molecule has 0 bridgehead atoms. The Morgan fingerprint density at radius 3 is 2.85 bits per heavy atom. The van der Waals surface area contributed by atoms with E-state index in [1.165, 1.54) is 6.21 Å². The number of hydrazone groups is 1. The first-order valence-electron chi connectivity index (χ1n) is 8.23. The molecule has 7 heteroatoms. The maximum Gasteiger partial charge on any atom is 0.284 e. The van der Waals surface area contributed by atoms with Crippen LogP contribution in [0.4, 0.5) is 0 Å². The first-order valence-corrected chi connectivity index (χ1v) is 8.23. The summed E-state index contributed by atoms with van der Waals surface area (Å²) in [5, 5.41) is 3.97. The summed E-state index contributed by atoms with van der Waals surface area (Å²) in [5.41, 5.74) is 3.22. The van der Waals surface area contributed by atoms with Gasteiger partial charge in [-0.1, -0.05) is 12.1 Å². The zero-order chi connectivity index (χ0) is 18.4. The molecule has 1 aliphatic rings. The van der Waals surface area contributed by atoms with E-state index in [1.807, 2.05) is 25.1 Å². The normalized spacial score (nSPS) is 15.5. The number of carbonyl (C=O) groups excluding carboxylic acids is 1. The highest BCUT2D eigenvalue weighted by molar-refractivity contribution is 5.85. The van der Waals surface area contributed by atoms with Gasteiger partial charge in [-0.3, -0.25) is 4.79 Å². The van der Waals surface area contributed by atoms with E-state index in [1.54, 1.807) is 31.4 Å². The van der Waals surface area contributed by atoms with Crippen LogP contribution in [0, 0.1) is 0 Å². The molecule has 1 amide bonds. The van der Waals surface area contributed by atoms with Crippen molar-refractivity contribution in [1.29, 1.82) is 0 Å². The lowest BCUT2D eigenvalue weighted by Gasteiger charge is -2.24. The number of rotatable bonds is 6. The molecule has 0 spiro atoms. The molecule has 0 saturated heterocycles. The van der Waals surface area contributed by atoms with Gasteiger partial charge in [0.05, 0.1) is 19.9 Å². The van der Waals surface area contributed by atoms with E-state index >= 15 is 0 Å². The van der Waals surface area contributed by atoms with Gasteiger partial charge >= 0.3 is 0 Å². The number of amides is 1. The van der Waals surface area contributed by atoms with Crippen molar-refractivity contribution in [2.45, 2.75) is 13.0 Å². The zero-order valence-corrected chi connectivity index (χ0v) is 14.6. The third-order valence-electron chi connectivity index (χ3n) is 3.68. The smallest absolute Gasteiger partial charge is 0.284 e. The minimum atomic E-state index is -0.753. The number of para-hydroxylation sites is 2. The van der Waals surface area contributed by atoms with E-state index < -0.39 is 6.10 Å². The number of nitrogens with one attached hydrogen (secondary N) is 1. The van der Waals surface area contributed by atoms with E-state index in [2.05, 4.69) is 10.5 Å². The fourth-order valence-corrected chi connectivity index (χ4v) is 2.43. The third kappa shape index (κ3) is 4.05. The molecular weight excluding hydrogens is 336 g/mol. The Morgan fingerprint density at radius 1 is 1.27 bits per heavy atom. The Bertz CT molecular complexity index is 806. The van der Waals surface area contributed by atoms with Crippen LogP contribution in [0.1, 0.15) is 12.5 Å². The molecule has 0 radical (unpaired) electrons. The SMILES string of the molecule is CCOc1ccc(C=NNC(=O)[C@@H]2COc3ccccc3O2)cc1OC. The predicted molar refractivity (Wildman–Crippen MR) is 96.3 cm³/mol. The van der Waals surface area contributed by atoms with Crippen LogP contribution in [0.5, 0.6) is 23.0 Å².